The van der Waals surface area contributed by atoms with Gasteiger partial charge in [-0.3, -0.25) is 0 Å². The molecule has 17 heavy (non-hydrogen) atoms. The average Bonchev–Trinajstić information content (AvgIpc) is 2.38. The van der Waals surface area contributed by atoms with Gasteiger partial charge in [-0.2, -0.15) is 0 Å². The third-order valence-electron chi connectivity index (χ3n) is 2.72. The monoisotopic (exact) mass is 249 g/mol. The van der Waals surface area contributed by atoms with Crippen LogP contribution in [0.15, 0.2) is 47.1 Å². The highest BCUT2D eigenvalue weighted by Crippen LogP contribution is 2.22. The number of unbranched alkanes of at least 4 members (excludes halogenated alkanes) is 1. The quantitative estimate of drug-likeness (QED) is 0.407. The van der Waals surface area contributed by atoms with Crippen LogP contribution in [0.3, 0.4) is 0 Å². The van der Waals surface area contributed by atoms with Crippen molar-refractivity contribution in [2.45, 2.75) is 38.0 Å². The van der Waals surface area contributed by atoms with Crippen LogP contribution in [0.5, 0.6) is 0 Å². The van der Waals surface area contributed by atoms with Crippen molar-refractivity contribution in [1.82, 2.24) is 0 Å². The highest BCUT2D eigenvalue weighted by molar-refractivity contribution is 8.01. The first-order chi connectivity index (χ1) is 8.24. The fourth-order valence-corrected chi connectivity index (χ4v) is 2.12. The smallest absolute Gasteiger partial charge is 0.0910 e. The number of hydrogen-bond acceptors (Lipinski definition) is 2. The fourth-order valence-electron chi connectivity index (χ4n) is 1.36. The number of benzene rings is 1. The molecule has 1 rings (SSSR count). The number of hydrogen-bond donors (Lipinski definition) is 1. The zero-order chi connectivity index (χ0) is 12.5. The summed E-state index contributed by atoms with van der Waals surface area (Å²) in [6.45, 7) is 4.14. The SMILES string of the molecule is CCC(C)/C(O)=C/CC[CH]Sc1ccccc1. The minimum Gasteiger partial charge on any atom is -0.512 e. The second kappa shape index (κ2) is 8.24. The van der Waals surface area contributed by atoms with E-state index < -0.39 is 0 Å². The molecule has 2 heteroatoms. The summed E-state index contributed by atoms with van der Waals surface area (Å²) in [7, 11) is 0. The molecule has 1 N–H and O–H groups in total. The van der Waals surface area contributed by atoms with Crippen LogP contribution in [0.4, 0.5) is 0 Å². The Hall–Kier alpha value is -0.890. The molecule has 1 atom stereocenters. The Morgan fingerprint density at radius 2 is 2.00 bits per heavy atom. The molecule has 0 aliphatic carbocycles. The molecule has 0 amide bonds. The van der Waals surface area contributed by atoms with Gasteiger partial charge in [-0.15, -0.1) is 11.8 Å². The second-order valence-electron chi connectivity index (χ2n) is 4.11. The van der Waals surface area contributed by atoms with Crippen LogP contribution in [0.2, 0.25) is 0 Å². The normalized spacial score (nSPS) is 13.6. The first kappa shape index (κ1) is 14.2. The first-order valence-electron chi connectivity index (χ1n) is 6.16. The molecule has 1 radical (unpaired) electrons. The molecular weight excluding hydrogens is 228 g/mol. The maximum absolute atomic E-state index is 9.67. The van der Waals surface area contributed by atoms with Crippen LogP contribution in [-0.4, -0.2) is 5.11 Å². The van der Waals surface area contributed by atoms with Crippen LogP contribution in [-0.2, 0) is 0 Å². The minimum atomic E-state index is 0.289. The highest BCUT2D eigenvalue weighted by Gasteiger charge is 2.02. The molecule has 0 spiro atoms. The van der Waals surface area contributed by atoms with Crippen LogP contribution >= 0.6 is 11.8 Å². The van der Waals surface area contributed by atoms with Gasteiger partial charge in [-0.05, 0) is 37.5 Å². The molecular formula is C15H21OS. The predicted molar refractivity (Wildman–Crippen MR) is 76.0 cm³/mol. The van der Waals surface area contributed by atoms with E-state index in [0.29, 0.717) is 5.76 Å². The molecule has 93 valence electrons. The Kier molecular flexibility index (Phi) is 6.87. The number of thioether (sulfide) groups is 1. The number of aliphatic hydroxyl groups excluding tert-OH is 1. The molecule has 0 aliphatic heterocycles. The zero-order valence-electron chi connectivity index (χ0n) is 10.6. The van der Waals surface area contributed by atoms with Crippen molar-refractivity contribution in [3.8, 4) is 0 Å². The van der Waals surface area contributed by atoms with Crippen molar-refractivity contribution in [3.05, 3.63) is 47.9 Å². The molecule has 1 nitrogen and oxygen atoms in total. The van der Waals surface area contributed by atoms with Crippen molar-refractivity contribution in [2.24, 2.45) is 5.92 Å². The molecule has 1 unspecified atom stereocenters. The summed E-state index contributed by atoms with van der Waals surface area (Å²) < 4.78 is 0. The topological polar surface area (TPSA) is 20.2 Å². The lowest BCUT2D eigenvalue weighted by molar-refractivity contribution is 0.333. The van der Waals surface area contributed by atoms with Gasteiger partial charge in [0.1, 0.15) is 0 Å². The van der Waals surface area contributed by atoms with Gasteiger partial charge in [0.2, 0.25) is 0 Å². The summed E-state index contributed by atoms with van der Waals surface area (Å²) in [5, 5.41) is 9.67. The summed E-state index contributed by atoms with van der Waals surface area (Å²) in [4.78, 5) is 1.27. The summed E-state index contributed by atoms with van der Waals surface area (Å²) in [6.07, 6.45) is 4.83. The van der Waals surface area contributed by atoms with Crippen LogP contribution in [0, 0.1) is 11.7 Å². The molecule has 1 aromatic carbocycles. The van der Waals surface area contributed by atoms with Gasteiger partial charge in [0.05, 0.1) is 5.76 Å². The van der Waals surface area contributed by atoms with Crippen LogP contribution in [0.1, 0.15) is 33.1 Å². The minimum absolute atomic E-state index is 0.289. The zero-order valence-corrected chi connectivity index (χ0v) is 11.4. The molecule has 0 aliphatic rings. The van der Waals surface area contributed by atoms with Gasteiger partial charge in [0, 0.05) is 16.6 Å². The van der Waals surface area contributed by atoms with Gasteiger partial charge in [-0.1, -0.05) is 32.0 Å². The van der Waals surface area contributed by atoms with Crippen molar-refractivity contribution < 1.29 is 5.11 Å². The lowest BCUT2D eigenvalue weighted by Gasteiger charge is -2.06. The summed E-state index contributed by atoms with van der Waals surface area (Å²) in [5.74, 6) is 3.01. The van der Waals surface area contributed by atoms with E-state index in [1.807, 2.05) is 31.2 Å². The highest BCUT2D eigenvalue weighted by atomic mass is 32.2. The largest absolute Gasteiger partial charge is 0.512 e. The first-order valence-corrected chi connectivity index (χ1v) is 7.04. The Morgan fingerprint density at radius 1 is 1.29 bits per heavy atom. The molecule has 0 saturated heterocycles. The molecule has 0 fully saturated rings. The Morgan fingerprint density at radius 3 is 2.65 bits per heavy atom. The third-order valence-corrected chi connectivity index (χ3v) is 3.66. The maximum Gasteiger partial charge on any atom is 0.0910 e. The van der Waals surface area contributed by atoms with Gasteiger partial charge >= 0.3 is 0 Å². The summed E-state index contributed by atoms with van der Waals surface area (Å²) in [6, 6.07) is 10.3. The van der Waals surface area contributed by atoms with E-state index in [0.717, 1.165) is 19.3 Å². The molecule has 0 bridgehead atoms. The van der Waals surface area contributed by atoms with Gasteiger partial charge < -0.3 is 5.11 Å². The average molecular weight is 249 g/mol. The Balaban J connectivity index is 2.17. The molecule has 0 heterocycles. The number of rotatable bonds is 7. The van der Waals surface area contributed by atoms with Crippen LogP contribution < -0.4 is 0 Å². The Labute approximate surface area is 109 Å². The lowest BCUT2D eigenvalue weighted by atomic mass is 10.1. The van der Waals surface area contributed by atoms with E-state index >= 15 is 0 Å². The standard InChI is InChI=1S/C15H21OS/c1-3-13(2)15(16)11-7-8-12-17-14-9-5-4-6-10-14/h4-6,9-13,16H,3,7-8H2,1-2H3/b15-11-. The van der Waals surface area contributed by atoms with E-state index in [4.69, 9.17) is 0 Å². The Bertz CT molecular complexity index is 332. The van der Waals surface area contributed by atoms with Gasteiger partial charge in [-0.25, -0.2) is 0 Å². The van der Waals surface area contributed by atoms with E-state index in [1.54, 1.807) is 11.8 Å². The van der Waals surface area contributed by atoms with E-state index in [1.165, 1.54) is 4.90 Å². The summed E-state index contributed by atoms with van der Waals surface area (Å²) >= 11 is 1.75. The third kappa shape index (κ3) is 5.83. The second-order valence-corrected chi connectivity index (χ2v) is 5.15. The van der Waals surface area contributed by atoms with E-state index in [9.17, 15) is 5.11 Å². The molecule has 1 aromatic rings. The van der Waals surface area contributed by atoms with Gasteiger partial charge in [0.25, 0.3) is 0 Å². The van der Waals surface area contributed by atoms with Crippen molar-refractivity contribution >= 4 is 11.8 Å². The van der Waals surface area contributed by atoms with E-state index in [2.05, 4.69) is 24.8 Å². The number of aliphatic hydroxyl groups is 1. The maximum atomic E-state index is 9.67. The fraction of sp³-hybridized carbons (Fsp3) is 0.400. The van der Waals surface area contributed by atoms with Crippen molar-refractivity contribution in [1.29, 1.82) is 0 Å². The number of allylic oxidation sites excluding steroid dienone is 2. The van der Waals surface area contributed by atoms with Crippen LogP contribution in [0.25, 0.3) is 0 Å². The molecule has 0 aromatic heterocycles. The van der Waals surface area contributed by atoms with E-state index in [-0.39, 0.29) is 5.92 Å². The van der Waals surface area contributed by atoms with Crippen molar-refractivity contribution in [2.75, 3.05) is 0 Å². The van der Waals surface area contributed by atoms with Crippen molar-refractivity contribution in [3.63, 3.8) is 0 Å². The predicted octanol–water partition coefficient (Wildman–Crippen LogP) is 5.21. The molecule has 0 saturated carbocycles. The van der Waals surface area contributed by atoms with Gasteiger partial charge in [0.15, 0.2) is 0 Å². The summed E-state index contributed by atoms with van der Waals surface area (Å²) in [5.41, 5.74) is 0. The lowest BCUT2D eigenvalue weighted by Crippen LogP contribution is -1.96.